The van der Waals surface area contributed by atoms with Crippen LogP contribution in [0.1, 0.15) is 13.3 Å². The Morgan fingerprint density at radius 3 is 2.71 bits per heavy atom. The molecule has 1 aromatic carbocycles. The van der Waals surface area contributed by atoms with Crippen LogP contribution in [-0.2, 0) is 10.0 Å². The number of sulfonamides is 1. The van der Waals surface area contributed by atoms with Crippen molar-refractivity contribution in [1.29, 1.82) is 0 Å². The molecule has 0 saturated carbocycles. The highest BCUT2D eigenvalue weighted by Crippen LogP contribution is 2.16. The van der Waals surface area contributed by atoms with Crippen molar-refractivity contribution in [3.05, 3.63) is 24.0 Å². The molecule has 7 heteroatoms. The molecule has 0 aromatic heterocycles. The second kappa shape index (κ2) is 5.44. The molecule has 1 unspecified atom stereocenters. The van der Waals surface area contributed by atoms with Crippen LogP contribution in [-0.4, -0.2) is 26.2 Å². The number of anilines is 1. The van der Waals surface area contributed by atoms with Crippen molar-refractivity contribution in [3.8, 4) is 0 Å². The number of hydrogen-bond donors (Lipinski definition) is 3. The fraction of sp³-hybridized carbons (Fsp3) is 0.400. The first kappa shape index (κ1) is 13.9. The SMILES string of the molecule is CC(O)CCNS(=O)(=O)c1ccc(F)c(N)c1. The molecular weight excluding hydrogens is 247 g/mol. The molecule has 5 nitrogen and oxygen atoms in total. The number of aliphatic hydroxyl groups excluding tert-OH is 1. The highest BCUT2D eigenvalue weighted by Gasteiger charge is 2.15. The molecule has 0 bridgehead atoms. The summed E-state index contributed by atoms with van der Waals surface area (Å²) in [5.41, 5.74) is 5.07. The van der Waals surface area contributed by atoms with Crippen LogP contribution in [0.3, 0.4) is 0 Å². The summed E-state index contributed by atoms with van der Waals surface area (Å²) in [5, 5.41) is 9.00. The lowest BCUT2D eigenvalue weighted by Gasteiger charge is -2.08. The normalized spacial score (nSPS) is 13.6. The van der Waals surface area contributed by atoms with Gasteiger partial charge in [-0.1, -0.05) is 0 Å². The molecule has 0 aliphatic rings. The molecule has 0 heterocycles. The van der Waals surface area contributed by atoms with Crippen molar-refractivity contribution >= 4 is 15.7 Å². The van der Waals surface area contributed by atoms with Gasteiger partial charge in [0.2, 0.25) is 10.0 Å². The molecule has 0 saturated heterocycles. The van der Waals surface area contributed by atoms with Crippen LogP contribution >= 0.6 is 0 Å². The molecule has 4 N–H and O–H groups in total. The smallest absolute Gasteiger partial charge is 0.240 e. The van der Waals surface area contributed by atoms with Gasteiger partial charge in [-0.25, -0.2) is 17.5 Å². The molecule has 0 aliphatic carbocycles. The van der Waals surface area contributed by atoms with Crippen LogP contribution in [0, 0.1) is 5.82 Å². The highest BCUT2D eigenvalue weighted by molar-refractivity contribution is 7.89. The van der Waals surface area contributed by atoms with Crippen LogP contribution in [0.25, 0.3) is 0 Å². The largest absolute Gasteiger partial charge is 0.396 e. The fourth-order valence-electron chi connectivity index (χ4n) is 1.17. The zero-order valence-corrected chi connectivity index (χ0v) is 10.2. The Morgan fingerprint density at radius 2 is 2.18 bits per heavy atom. The standard InChI is InChI=1S/C10H15FN2O3S/c1-7(14)4-5-13-17(15,16)8-2-3-9(11)10(12)6-8/h2-3,6-7,13-14H,4-5,12H2,1H3. The summed E-state index contributed by atoms with van der Waals surface area (Å²) >= 11 is 0. The van der Waals surface area contributed by atoms with Gasteiger partial charge >= 0.3 is 0 Å². The first-order valence-electron chi connectivity index (χ1n) is 5.05. The Labute approximate surface area is 99.5 Å². The van der Waals surface area contributed by atoms with Gasteiger partial charge in [-0.15, -0.1) is 0 Å². The number of hydrogen-bond acceptors (Lipinski definition) is 4. The molecular formula is C10H15FN2O3S. The lowest BCUT2D eigenvalue weighted by Crippen LogP contribution is -2.26. The molecule has 1 rings (SSSR count). The Morgan fingerprint density at radius 1 is 1.53 bits per heavy atom. The molecule has 0 amide bonds. The second-order valence-corrected chi connectivity index (χ2v) is 5.49. The Balaban J connectivity index is 2.79. The Bertz CT molecular complexity index is 488. The third kappa shape index (κ3) is 3.95. The average Bonchev–Trinajstić information content (AvgIpc) is 2.21. The van der Waals surface area contributed by atoms with E-state index in [1.807, 2.05) is 0 Å². The maximum atomic E-state index is 12.9. The van der Waals surface area contributed by atoms with E-state index in [0.717, 1.165) is 18.2 Å². The number of nitrogen functional groups attached to an aromatic ring is 1. The number of rotatable bonds is 5. The predicted molar refractivity (Wildman–Crippen MR) is 62.3 cm³/mol. The minimum Gasteiger partial charge on any atom is -0.396 e. The van der Waals surface area contributed by atoms with Gasteiger partial charge in [0, 0.05) is 6.54 Å². The van der Waals surface area contributed by atoms with Crippen molar-refractivity contribution in [3.63, 3.8) is 0 Å². The van der Waals surface area contributed by atoms with Gasteiger partial charge < -0.3 is 10.8 Å². The van der Waals surface area contributed by atoms with E-state index in [1.54, 1.807) is 6.92 Å². The second-order valence-electron chi connectivity index (χ2n) is 3.72. The lowest BCUT2D eigenvalue weighted by molar-refractivity contribution is 0.186. The third-order valence-electron chi connectivity index (χ3n) is 2.13. The van der Waals surface area contributed by atoms with E-state index in [9.17, 15) is 12.8 Å². The van der Waals surface area contributed by atoms with Crippen LogP contribution in [0.5, 0.6) is 0 Å². The number of aliphatic hydroxyl groups is 1. The monoisotopic (exact) mass is 262 g/mol. The zero-order valence-electron chi connectivity index (χ0n) is 9.35. The molecule has 1 atom stereocenters. The van der Waals surface area contributed by atoms with E-state index in [2.05, 4.69) is 4.72 Å². The van der Waals surface area contributed by atoms with Crippen LogP contribution in [0.4, 0.5) is 10.1 Å². The zero-order chi connectivity index (χ0) is 13.1. The quantitative estimate of drug-likeness (QED) is 0.672. The van der Waals surface area contributed by atoms with Crippen molar-refractivity contribution in [2.24, 2.45) is 0 Å². The first-order chi connectivity index (χ1) is 7.83. The van der Waals surface area contributed by atoms with E-state index in [4.69, 9.17) is 10.8 Å². The van der Waals surface area contributed by atoms with Gasteiger partial charge in [0.25, 0.3) is 0 Å². The summed E-state index contributed by atoms with van der Waals surface area (Å²) in [6, 6.07) is 3.19. The van der Waals surface area contributed by atoms with Gasteiger partial charge in [0.15, 0.2) is 0 Å². The molecule has 0 aliphatic heterocycles. The molecule has 96 valence electrons. The maximum Gasteiger partial charge on any atom is 0.240 e. The average molecular weight is 262 g/mol. The summed E-state index contributed by atoms with van der Waals surface area (Å²) in [5.74, 6) is -0.659. The fourth-order valence-corrected chi connectivity index (χ4v) is 2.26. The maximum absolute atomic E-state index is 12.9. The summed E-state index contributed by atoms with van der Waals surface area (Å²) in [4.78, 5) is -0.0954. The van der Waals surface area contributed by atoms with E-state index >= 15 is 0 Å². The van der Waals surface area contributed by atoms with Crippen molar-refractivity contribution in [2.75, 3.05) is 12.3 Å². The topological polar surface area (TPSA) is 92.4 Å². The third-order valence-corrected chi connectivity index (χ3v) is 3.59. The number of nitrogens with two attached hydrogens (primary N) is 1. The molecule has 0 fully saturated rings. The van der Waals surface area contributed by atoms with Crippen LogP contribution in [0.2, 0.25) is 0 Å². The van der Waals surface area contributed by atoms with E-state index in [0.29, 0.717) is 6.42 Å². The summed E-state index contributed by atoms with van der Waals surface area (Å²) < 4.78 is 38.6. The minimum absolute atomic E-state index is 0.0954. The van der Waals surface area contributed by atoms with Gasteiger partial charge in [-0.05, 0) is 31.5 Å². The van der Waals surface area contributed by atoms with E-state index in [1.165, 1.54) is 0 Å². The van der Waals surface area contributed by atoms with Crippen molar-refractivity contribution in [1.82, 2.24) is 4.72 Å². The molecule has 0 radical (unpaired) electrons. The summed E-state index contributed by atoms with van der Waals surface area (Å²) in [6.07, 6.45) is -0.286. The van der Waals surface area contributed by atoms with Crippen LogP contribution in [0.15, 0.2) is 23.1 Å². The van der Waals surface area contributed by atoms with Crippen LogP contribution < -0.4 is 10.5 Å². The summed E-state index contributed by atoms with van der Waals surface area (Å²) in [6.45, 7) is 1.67. The number of benzene rings is 1. The Hall–Kier alpha value is -1.18. The molecule has 1 aromatic rings. The number of nitrogens with one attached hydrogen (secondary N) is 1. The van der Waals surface area contributed by atoms with Gasteiger partial charge in [-0.2, -0.15) is 0 Å². The highest BCUT2D eigenvalue weighted by atomic mass is 32.2. The Kier molecular flexibility index (Phi) is 4.44. The van der Waals surface area contributed by atoms with Gasteiger partial charge in [-0.3, -0.25) is 0 Å². The molecule has 17 heavy (non-hydrogen) atoms. The first-order valence-corrected chi connectivity index (χ1v) is 6.54. The van der Waals surface area contributed by atoms with E-state index in [-0.39, 0.29) is 17.1 Å². The van der Waals surface area contributed by atoms with Gasteiger partial charge in [0.05, 0.1) is 16.7 Å². The van der Waals surface area contributed by atoms with Crippen molar-refractivity contribution in [2.45, 2.75) is 24.3 Å². The lowest BCUT2D eigenvalue weighted by atomic mass is 10.3. The summed E-state index contributed by atoms with van der Waals surface area (Å²) in [7, 11) is -3.70. The minimum atomic E-state index is -3.70. The van der Waals surface area contributed by atoms with E-state index < -0.39 is 21.9 Å². The number of halogens is 1. The van der Waals surface area contributed by atoms with Gasteiger partial charge in [0.1, 0.15) is 5.82 Å². The predicted octanol–water partition coefficient (Wildman–Crippen LogP) is 0.457. The van der Waals surface area contributed by atoms with Crippen molar-refractivity contribution < 1.29 is 17.9 Å². The molecule has 0 spiro atoms.